The van der Waals surface area contributed by atoms with Gasteiger partial charge in [0.15, 0.2) is 0 Å². The van der Waals surface area contributed by atoms with Crippen molar-refractivity contribution in [3.63, 3.8) is 0 Å². The van der Waals surface area contributed by atoms with Crippen LogP contribution < -0.4 is 9.64 Å². The van der Waals surface area contributed by atoms with Gasteiger partial charge in [0.2, 0.25) is 5.95 Å². The lowest BCUT2D eigenvalue weighted by atomic mass is 9.72. The Morgan fingerprint density at radius 3 is 2.15 bits per heavy atom. The lowest BCUT2D eigenvalue weighted by molar-refractivity contribution is 0.00110. The Kier molecular flexibility index (Phi) is 6.07. The second-order valence-corrected chi connectivity index (χ2v) is 10.8. The number of hydrogen-bond acceptors (Lipinski definition) is 5. The molecular weight excluding hydrogens is 420 g/mol. The van der Waals surface area contributed by atoms with E-state index in [0.29, 0.717) is 12.0 Å². The van der Waals surface area contributed by atoms with Gasteiger partial charge in [-0.3, -0.25) is 0 Å². The lowest BCUT2D eigenvalue weighted by Crippen LogP contribution is -2.58. The van der Waals surface area contributed by atoms with E-state index in [4.69, 9.17) is 9.72 Å². The van der Waals surface area contributed by atoms with Gasteiger partial charge in [-0.25, -0.2) is 9.97 Å². The van der Waals surface area contributed by atoms with Gasteiger partial charge in [0, 0.05) is 37.8 Å². The third kappa shape index (κ3) is 4.67. The molecule has 0 N–H and O–H groups in total. The van der Waals surface area contributed by atoms with Gasteiger partial charge < -0.3 is 14.5 Å². The third-order valence-corrected chi connectivity index (χ3v) is 7.75. The zero-order chi connectivity index (χ0) is 23.8. The first-order valence-electron chi connectivity index (χ1n) is 12.4. The zero-order valence-electron chi connectivity index (χ0n) is 20.9. The van der Waals surface area contributed by atoms with E-state index in [2.05, 4.69) is 91.1 Å². The fourth-order valence-electron chi connectivity index (χ4n) is 5.48. The fourth-order valence-corrected chi connectivity index (χ4v) is 5.48. The molecule has 0 unspecified atom stereocenters. The number of rotatable bonds is 6. The van der Waals surface area contributed by atoms with Gasteiger partial charge in [-0.2, -0.15) is 0 Å². The summed E-state index contributed by atoms with van der Waals surface area (Å²) in [6.45, 7) is 11.6. The quantitative estimate of drug-likeness (QED) is 0.509. The van der Waals surface area contributed by atoms with Crippen molar-refractivity contribution < 1.29 is 4.74 Å². The molecule has 2 saturated heterocycles. The number of hydrogen-bond donors (Lipinski definition) is 0. The maximum Gasteiger partial charge on any atom is 0.225 e. The standard InChI is InChI=1S/C29H36N4O/c1-22-5-7-23(8-6-22)28(2,3)24-9-11-26(12-10-24)34-19-25-13-16-30-27(31-25)33-17-14-29(15-18-33)20-32(4)21-29/h5-13,16H,14-15,17-21H2,1-4H3. The highest BCUT2D eigenvalue weighted by molar-refractivity contribution is 5.41. The minimum Gasteiger partial charge on any atom is -0.487 e. The fraction of sp³-hybridized carbons (Fsp3) is 0.448. The van der Waals surface area contributed by atoms with Gasteiger partial charge in [-0.1, -0.05) is 55.8 Å². The SMILES string of the molecule is Cc1ccc(C(C)(C)c2ccc(OCc3ccnc(N4CCC5(CC4)CN(C)C5)n3)cc2)cc1. The number of aryl methyl sites for hydroxylation is 1. The van der Waals surface area contributed by atoms with Crippen LogP contribution in [0.5, 0.6) is 5.75 Å². The Labute approximate surface area is 203 Å². The molecule has 0 radical (unpaired) electrons. The molecule has 5 nitrogen and oxygen atoms in total. The molecule has 0 atom stereocenters. The van der Waals surface area contributed by atoms with Gasteiger partial charge in [0.25, 0.3) is 0 Å². The van der Waals surface area contributed by atoms with E-state index in [0.717, 1.165) is 30.5 Å². The predicted molar refractivity (Wildman–Crippen MR) is 137 cm³/mol. The first kappa shape index (κ1) is 22.9. The minimum absolute atomic E-state index is 0.0598. The summed E-state index contributed by atoms with van der Waals surface area (Å²) in [5.41, 5.74) is 5.26. The van der Waals surface area contributed by atoms with E-state index in [-0.39, 0.29) is 5.41 Å². The molecule has 3 aromatic rings. The van der Waals surface area contributed by atoms with E-state index >= 15 is 0 Å². The molecule has 178 valence electrons. The summed E-state index contributed by atoms with van der Waals surface area (Å²) in [6.07, 6.45) is 4.31. The topological polar surface area (TPSA) is 41.5 Å². The van der Waals surface area contributed by atoms with Crippen molar-refractivity contribution in [3.05, 3.63) is 83.2 Å². The molecule has 5 rings (SSSR count). The van der Waals surface area contributed by atoms with Gasteiger partial charge >= 0.3 is 0 Å². The van der Waals surface area contributed by atoms with Gasteiger partial charge in [0.05, 0.1) is 5.69 Å². The van der Waals surface area contributed by atoms with Crippen LogP contribution in [0.4, 0.5) is 5.95 Å². The second-order valence-electron chi connectivity index (χ2n) is 10.8. The molecule has 2 fully saturated rings. The minimum atomic E-state index is -0.0598. The largest absolute Gasteiger partial charge is 0.487 e. The number of nitrogens with zero attached hydrogens (tertiary/aromatic N) is 4. The van der Waals surface area contributed by atoms with Crippen LogP contribution in [0.3, 0.4) is 0 Å². The average molecular weight is 457 g/mol. The average Bonchev–Trinajstić information content (AvgIpc) is 2.83. The summed E-state index contributed by atoms with van der Waals surface area (Å²) < 4.78 is 6.08. The lowest BCUT2D eigenvalue weighted by Gasteiger charge is -2.52. The Morgan fingerprint density at radius 1 is 0.912 bits per heavy atom. The highest BCUT2D eigenvalue weighted by Gasteiger charge is 2.43. The zero-order valence-corrected chi connectivity index (χ0v) is 20.9. The Balaban J connectivity index is 1.19. The van der Waals surface area contributed by atoms with Crippen molar-refractivity contribution >= 4 is 5.95 Å². The molecule has 0 aliphatic carbocycles. The van der Waals surface area contributed by atoms with Crippen molar-refractivity contribution in [1.29, 1.82) is 0 Å². The van der Waals surface area contributed by atoms with Crippen LogP contribution >= 0.6 is 0 Å². The van der Waals surface area contributed by atoms with Crippen molar-refractivity contribution in [2.75, 3.05) is 38.1 Å². The van der Waals surface area contributed by atoms with Crippen molar-refractivity contribution in [2.24, 2.45) is 5.41 Å². The van der Waals surface area contributed by atoms with Crippen molar-refractivity contribution in [2.45, 2.75) is 45.6 Å². The van der Waals surface area contributed by atoms with E-state index in [1.807, 2.05) is 12.3 Å². The predicted octanol–water partition coefficient (Wildman–Crippen LogP) is 5.22. The molecule has 3 heterocycles. The van der Waals surface area contributed by atoms with Gasteiger partial charge in [-0.15, -0.1) is 0 Å². The summed E-state index contributed by atoms with van der Waals surface area (Å²) in [5, 5.41) is 0. The highest BCUT2D eigenvalue weighted by atomic mass is 16.5. The molecule has 2 aliphatic heterocycles. The molecule has 1 spiro atoms. The van der Waals surface area contributed by atoms with Crippen LogP contribution in [0, 0.1) is 12.3 Å². The molecule has 0 amide bonds. The summed E-state index contributed by atoms with van der Waals surface area (Å²) in [4.78, 5) is 14.1. The van der Waals surface area contributed by atoms with E-state index in [9.17, 15) is 0 Å². The number of anilines is 1. The van der Waals surface area contributed by atoms with E-state index in [1.165, 1.54) is 42.6 Å². The number of piperidine rings is 1. The van der Waals surface area contributed by atoms with Crippen molar-refractivity contribution in [3.8, 4) is 5.75 Å². The summed E-state index contributed by atoms with van der Waals surface area (Å²) in [5.74, 6) is 1.69. The Hall–Kier alpha value is -2.92. The monoisotopic (exact) mass is 456 g/mol. The van der Waals surface area contributed by atoms with Crippen LogP contribution in [0.2, 0.25) is 0 Å². The maximum atomic E-state index is 6.08. The molecule has 0 saturated carbocycles. The Morgan fingerprint density at radius 2 is 1.53 bits per heavy atom. The molecule has 1 aromatic heterocycles. The summed E-state index contributed by atoms with van der Waals surface area (Å²) >= 11 is 0. The number of likely N-dealkylation sites (tertiary alicyclic amines) is 1. The third-order valence-electron chi connectivity index (χ3n) is 7.75. The first-order chi connectivity index (χ1) is 16.3. The first-order valence-corrected chi connectivity index (χ1v) is 12.4. The normalized spacial score (nSPS) is 18.1. The number of ether oxygens (including phenoxy) is 1. The van der Waals surface area contributed by atoms with Crippen LogP contribution in [0.1, 0.15) is 49.1 Å². The molecule has 34 heavy (non-hydrogen) atoms. The molecule has 5 heteroatoms. The number of benzene rings is 2. The van der Waals surface area contributed by atoms with Crippen LogP contribution in [0.15, 0.2) is 60.8 Å². The smallest absolute Gasteiger partial charge is 0.225 e. The highest BCUT2D eigenvalue weighted by Crippen LogP contribution is 2.40. The van der Waals surface area contributed by atoms with Gasteiger partial charge in [-0.05, 0) is 61.6 Å². The molecular formula is C29H36N4O. The van der Waals surface area contributed by atoms with Crippen LogP contribution in [-0.4, -0.2) is 48.1 Å². The van der Waals surface area contributed by atoms with E-state index in [1.54, 1.807) is 0 Å². The maximum absolute atomic E-state index is 6.08. The second kappa shape index (κ2) is 9.03. The summed E-state index contributed by atoms with van der Waals surface area (Å²) in [6, 6.07) is 19.2. The van der Waals surface area contributed by atoms with Crippen molar-refractivity contribution in [1.82, 2.24) is 14.9 Å². The molecule has 2 aliphatic rings. The van der Waals surface area contributed by atoms with Crippen LogP contribution in [0.25, 0.3) is 0 Å². The van der Waals surface area contributed by atoms with Crippen LogP contribution in [-0.2, 0) is 12.0 Å². The molecule has 0 bridgehead atoms. The molecule has 2 aromatic carbocycles. The van der Waals surface area contributed by atoms with E-state index < -0.39 is 0 Å². The Bertz CT molecular complexity index is 1110. The summed E-state index contributed by atoms with van der Waals surface area (Å²) in [7, 11) is 2.21. The van der Waals surface area contributed by atoms with Gasteiger partial charge in [0.1, 0.15) is 12.4 Å². The number of aromatic nitrogens is 2.